The van der Waals surface area contributed by atoms with Gasteiger partial charge in [-0.25, -0.2) is 0 Å². The van der Waals surface area contributed by atoms with Crippen molar-refractivity contribution >= 4 is 17.2 Å². The van der Waals surface area contributed by atoms with E-state index in [2.05, 4.69) is 5.32 Å². The van der Waals surface area contributed by atoms with E-state index >= 15 is 0 Å². The summed E-state index contributed by atoms with van der Waals surface area (Å²) < 4.78 is 0. The normalized spacial score (nSPS) is 12.2. The van der Waals surface area contributed by atoms with E-state index in [0.29, 0.717) is 0 Å². The molecule has 0 saturated heterocycles. The number of rotatable bonds is 3. The van der Waals surface area contributed by atoms with Gasteiger partial charge < -0.3 is 15.5 Å². The monoisotopic (exact) mass is 291 g/mol. The highest BCUT2D eigenvalue weighted by atomic mass is 32.1. The van der Waals surface area contributed by atoms with E-state index in [1.165, 1.54) is 23.1 Å². The van der Waals surface area contributed by atoms with Crippen LogP contribution in [-0.2, 0) is 0 Å². The van der Waals surface area contributed by atoms with Crippen LogP contribution in [0.3, 0.4) is 0 Å². The fourth-order valence-corrected chi connectivity index (χ4v) is 3.21. The molecule has 0 spiro atoms. The number of phenolic OH excluding ortho intramolecular Hbond substituents is 2. The van der Waals surface area contributed by atoms with E-state index in [0.717, 1.165) is 10.4 Å². The van der Waals surface area contributed by atoms with Gasteiger partial charge in [-0.2, -0.15) is 0 Å². The standard InChI is InChI=1S/C15H17NO3S/c1-8-7-11(10(3)20-8)9(2)16-15(19)14-12(17)5-4-6-13(14)18/h4-7,9,17-18H,1-3H3,(H,16,19). The molecule has 0 radical (unpaired) electrons. The molecule has 0 aliphatic rings. The maximum atomic E-state index is 12.2. The molecule has 0 aliphatic carbocycles. The van der Waals surface area contributed by atoms with E-state index in [-0.39, 0.29) is 23.1 Å². The van der Waals surface area contributed by atoms with Gasteiger partial charge in [0, 0.05) is 9.75 Å². The molecule has 106 valence electrons. The molecule has 1 atom stereocenters. The second-order valence-corrected chi connectivity index (χ2v) is 6.20. The van der Waals surface area contributed by atoms with E-state index in [4.69, 9.17) is 0 Å². The highest BCUT2D eigenvalue weighted by Gasteiger charge is 2.19. The topological polar surface area (TPSA) is 69.6 Å². The van der Waals surface area contributed by atoms with E-state index in [1.807, 2.05) is 26.8 Å². The molecule has 2 aromatic rings. The van der Waals surface area contributed by atoms with Gasteiger partial charge in [0.2, 0.25) is 0 Å². The van der Waals surface area contributed by atoms with Crippen LogP contribution in [0.5, 0.6) is 11.5 Å². The summed E-state index contributed by atoms with van der Waals surface area (Å²) in [5.74, 6) is -0.947. The summed E-state index contributed by atoms with van der Waals surface area (Å²) in [7, 11) is 0. The van der Waals surface area contributed by atoms with Crippen LogP contribution in [0.15, 0.2) is 24.3 Å². The second-order valence-electron chi connectivity index (χ2n) is 4.73. The van der Waals surface area contributed by atoms with E-state index in [1.54, 1.807) is 11.3 Å². The van der Waals surface area contributed by atoms with Gasteiger partial charge in [-0.1, -0.05) is 6.07 Å². The molecule has 0 fully saturated rings. The van der Waals surface area contributed by atoms with Crippen LogP contribution in [0.25, 0.3) is 0 Å². The van der Waals surface area contributed by atoms with Gasteiger partial charge in [0.25, 0.3) is 5.91 Å². The maximum absolute atomic E-state index is 12.2. The van der Waals surface area contributed by atoms with Gasteiger partial charge in [-0.05, 0) is 44.5 Å². The molecule has 1 aromatic heterocycles. The van der Waals surface area contributed by atoms with Crippen molar-refractivity contribution in [3.8, 4) is 11.5 Å². The van der Waals surface area contributed by atoms with Crippen molar-refractivity contribution in [1.82, 2.24) is 5.32 Å². The minimum atomic E-state index is -0.489. The zero-order chi connectivity index (χ0) is 14.9. The highest BCUT2D eigenvalue weighted by molar-refractivity contribution is 7.12. The smallest absolute Gasteiger partial charge is 0.259 e. The number of hydrogen-bond acceptors (Lipinski definition) is 4. The molecule has 1 aromatic carbocycles. The highest BCUT2D eigenvalue weighted by Crippen LogP contribution is 2.29. The Morgan fingerprint density at radius 3 is 2.35 bits per heavy atom. The fourth-order valence-electron chi connectivity index (χ4n) is 2.19. The Labute approximate surface area is 121 Å². The van der Waals surface area contributed by atoms with Gasteiger partial charge in [-0.15, -0.1) is 11.3 Å². The van der Waals surface area contributed by atoms with Gasteiger partial charge >= 0.3 is 0 Å². The van der Waals surface area contributed by atoms with Gasteiger partial charge in [0.1, 0.15) is 17.1 Å². The zero-order valence-electron chi connectivity index (χ0n) is 11.6. The Kier molecular flexibility index (Phi) is 3.99. The molecule has 0 aliphatic heterocycles. The van der Waals surface area contributed by atoms with E-state index in [9.17, 15) is 15.0 Å². The number of aryl methyl sites for hydroxylation is 2. The molecule has 3 N–H and O–H groups in total. The molecule has 0 bridgehead atoms. The predicted molar refractivity (Wildman–Crippen MR) is 79.4 cm³/mol. The number of aromatic hydroxyl groups is 2. The molecule has 1 unspecified atom stereocenters. The first kappa shape index (κ1) is 14.4. The quantitative estimate of drug-likeness (QED) is 0.813. The third kappa shape index (κ3) is 2.77. The Morgan fingerprint density at radius 1 is 1.25 bits per heavy atom. The van der Waals surface area contributed by atoms with Crippen molar-refractivity contribution in [2.24, 2.45) is 0 Å². The first-order valence-electron chi connectivity index (χ1n) is 6.29. The fraction of sp³-hybridized carbons (Fsp3) is 0.267. The minimum absolute atomic E-state index is 0.0936. The van der Waals surface area contributed by atoms with Crippen LogP contribution in [0, 0.1) is 13.8 Å². The van der Waals surface area contributed by atoms with Crippen molar-refractivity contribution in [3.05, 3.63) is 45.1 Å². The second kappa shape index (κ2) is 5.54. The van der Waals surface area contributed by atoms with E-state index < -0.39 is 5.91 Å². The van der Waals surface area contributed by atoms with Crippen LogP contribution < -0.4 is 5.32 Å². The summed E-state index contributed by atoms with van der Waals surface area (Å²) in [6, 6.07) is 6.08. The lowest BCUT2D eigenvalue weighted by Crippen LogP contribution is -2.26. The summed E-state index contributed by atoms with van der Waals surface area (Å²) in [4.78, 5) is 14.5. The van der Waals surface area contributed by atoms with Crippen LogP contribution in [0.1, 0.15) is 38.6 Å². The molecule has 2 rings (SSSR count). The average molecular weight is 291 g/mol. The molecule has 1 heterocycles. The molecule has 20 heavy (non-hydrogen) atoms. The van der Waals surface area contributed by atoms with Crippen molar-refractivity contribution in [2.45, 2.75) is 26.8 Å². The SMILES string of the molecule is Cc1cc(C(C)NC(=O)c2c(O)cccc2O)c(C)s1. The Morgan fingerprint density at radius 2 is 1.85 bits per heavy atom. The van der Waals surface area contributed by atoms with Gasteiger partial charge in [0.05, 0.1) is 6.04 Å². The summed E-state index contributed by atoms with van der Waals surface area (Å²) in [5.41, 5.74) is 0.958. The summed E-state index contributed by atoms with van der Waals surface area (Å²) in [6.45, 7) is 5.90. The Balaban J connectivity index is 2.22. The van der Waals surface area contributed by atoms with Crippen molar-refractivity contribution in [3.63, 3.8) is 0 Å². The predicted octanol–water partition coefficient (Wildman–Crippen LogP) is 3.27. The number of nitrogens with one attached hydrogen (secondary N) is 1. The Bertz CT molecular complexity index is 628. The summed E-state index contributed by atoms with van der Waals surface area (Å²) >= 11 is 1.68. The number of thiophene rings is 1. The summed E-state index contributed by atoms with van der Waals surface area (Å²) in [6.07, 6.45) is 0. The van der Waals surface area contributed by atoms with Crippen molar-refractivity contribution in [2.75, 3.05) is 0 Å². The number of amides is 1. The minimum Gasteiger partial charge on any atom is -0.507 e. The van der Waals surface area contributed by atoms with Crippen LogP contribution >= 0.6 is 11.3 Å². The first-order chi connectivity index (χ1) is 9.40. The molecule has 1 amide bonds. The third-order valence-electron chi connectivity index (χ3n) is 3.14. The largest absolute Gasteiger partial charge is 0.507 e. The van der Waals surface area contributed by atoms with Crippen LogP contribution in [-0.4, -0.2) is 16.1 Å². The molecule has 0 saturated carbocycles. The van der Waals surface area contributed by atoms with Crippen molar-refractivity contribution < 1.29 is 15.0 Å². The first-order valence-corrected chi connectivity index (χ1v) is 7.10. The lowest BCUT2D eigenvalue weighted by Gasteiger charge is -2.15. The number of benzene rings is 1. The lowest BCUT2D eigenvalue weighted by atomic mass is 10.1. The Hall–Kier alpha value is -2.01. The van der Waals surface area contributed by atoms with Crippen LogP contribution in [0.4, 0.5) is 0 Å². The maximum Gasteiger partial charge on any atom is 0.259 e. The molecule has 4 nitrogen and oxygen atoms in total. The number of hydrogen-bond donors (Lipinski definition) is 3. The molecular formula is C15H17NO3S. The van der Waals surface area contributed by atoms with Crippen LogP contribution in [0.2, 0.25) is 0 Å². The molecule has 5 heteroatoms. The third-order valence-corrected chi connectivity index (χ3v) is 4.12. The average Bonchev–Trinajstić information content (AvgIpc) is 2.68. The number of carbonyl (C=O) groups excluding carboxylic acids is 1. The van der Waals surface area contributed by atoms with Gasteiger partial charge in [0.15, 0.2) is 0 Å². The lowest BCUT2D eigenvalue weighted by molar-refractivity contribution is 0.0934. The van der Waals surface area contributed by atoms with Gasteiger partial charge in [-0.3, -0.25) is 4.79 Å². The number of carbonyl (C=O) groups is 1. The number of phenols is 2. The van der Waals surface area contributed by atoms with Crippen molar-refractivity contribution in [1.29, 1.82) is 0 Å². The zero-order valence-corrected chi connectivity index (χ0v) is 12.4. The molecular weight excluding hydrogens is 274 g/mol. The summed E-state index contributed by atoms with van der Waals surface area (Å²) in [5, 5.41) is 22.2.